The molecule has 0 aromatic heterocycles. The second kappa shape index (κ2) is 4.88. The predicted octanol–water partition coefficient (Wildman–Crippen LogP) is 4.08. The third-order valence-corrected chi connectivity index (χ3v) is 6.52. The topological polar surface area (TPSA) is 41.1 Å². The summed E-state index contributed by atoms with van der Waals surface area (Å²) in [5, 5.41) is 6.47. The molecule has 0 saturated heterocycles. The molecule has 5 aliphatic rings. The summed E-state index contributed by atoms with van der Waals surface area (Å²) in [6.07, 6.45) is 10.6. The van der Waals surface area contributed by atoms with Crippen LogP contribution >= 0.6 is 0 Å². The van der Waals surface area contributed by atoms with E-state index in [9.17, 15) is 4.79 Å². The Hall–Kier alpha value is -0.730. The van der Waals surface area contributed by atoms with Gasteiger partial charge in [-0.1, -0.05) is 20.8 Å². The highest BCUT2D eigenvalue weighted by Crippen LogP contribution is 2.63. The van der Waals surface area contributed by atoms with Gasteiger partial charge in [0.2, 0.25) is 0 Å². The van der Waals surface area contributed by atoms with Gasteiger partial charge in [0.15, 0.2) is 0 Å². The highest BCUT2D eigenvalue weighted by Gasteiger charge is 2.56. The lowest BCUT2D eigenvalue weighted by molar-refractivity contribution is -0.0901. The zero-order chi connectivity index (χ0) is 15.5. The molecule has 2 amide bonds. The van der Waals surface area contributed by atoms with E-state index in [4.69, 9.17) is 0 Å². The smallest absolute Gasteiger partial charge is 0.315 e. The minimum absolute atomic E-state index is 0.102. The fourth-order valence-electron chi connectivity index (χ4n) is 6.38. The first-order valence-electron chi connectivity index (χ1n) is 9.39. The van der Waals surface area contributed by atoms with Crippen LogP contribution in [-0.2, 0) is 0 Å². The van der Waals surface area contributed by atoms with Gasteiger partial charge in [0, 0.05) is 12.1 Å². The third-order valence-electron chi connectivity index (χ3n) is 6.52. The van der Waals surface area contributed by atoms with Crippen LogP contribution < -0.4 is 10.6 Å². The van der Waals surface area contributed by atoms with Gasteiger partial charge in [0.1, 0.15) is 0 Å². The number of hydrogen-bond acceptors (Lipinski definition) is 1. The maximum absolute atomic E-state index is 12.2. The molecule has 2 unspecified atom stereocenters. The molecule has 5 saturated carbocycles. The van der Waals surface area contributed by atoms with Crippen LogP contribution in [0.5, 0.6) is 0 Å². The molecule has 0 aromatic carbocycles. The predicted molar refractivity (Wildman–Crippen MR) is 88.5 cm³/mol. The largest absolute Gasteiger partial charge is 0.335 e. The van der Waals surface area contributed by atoms with E-state index in [1.54, 1.807) is 0 Å². The molecular formula is C19H32N2O. The molecule has 0 aromatic rings. The lowest BCUT2D eigenvalue weighted by Gasteiger charge is -2.61. The van der Waals surface area contributed by atoms with Crippen LogP contribution in [0.15, 0.2) is 0 Å². The van der Waals surface area contributed by atoms with E-state index in [1.165, 1.54) is 51.4 Å². The number of urea groups is 1. The SMILES string of the molecule is CC(C)(C)CC12CC3CC(C1)C(NC(=O)NC1CC1)C(C3)C2. The van der Waals surface area contributed by atoms with Gasteiger partial charge < -0.3 is 10.6 Å². The van der Waals surface area contributed by atoms with Crippen LogP contribution in [-0.4, -0.2) is 18.1 Å². The highest BCUT2D eigenvalue weighted by atomic mass is 16.2. The average molecular weight is 304 g/mol. The second-order valence-electron chi connectivity index (χ2n) is 10.1. The van der Waals surface area contributed by atoms with E-state index in [1.807, 2.05) is 0 Å². The number of carbonyl (C=O) groups is 1. The Morgan fingerprint density at radius 2 is 1.68 bits per heavy atom. The molecule has 5 aliphatic carbocycles. The molecule has 0 spiro atoms. The van der Waals surface area contributed by atoms with Crippen molar-refractivity contribution in [2.24, 2.45) is 28.6 Å². The minimum Gasteiger partial charge on any atom is -0.335 e. The van der Waals surface area contributed by atoms with Gasteiger partial charge in [-0.3, -0.25) is 0 Å². The second-order valence-corrected chi connectivity index (χ2v) is 10.1. The van der Waals surface area contributed by atoms with Crippen LogP contribution in [0.25, 0.3) is 0 Å². The van der Waals surface area contributed by atoms with Gasteiger partial charge in [-0.2, -0.15) is 0 Å². The fraction of sp³-hybridized carbons (Fsp3) is 0.947. The number of hydrogen-bond donors (Lipinski definition) is 2. The standard InChI is InChI=1S/C19H32N2O/c1-18(2,3)11-19-8-12-6-13(9-19)16(14(7-12)10-19)21-17(22)20-15-4-5-15/h12-16H,4-11H2,1-3H3,(H2,20,21,22). The van der Waals surface area contributed by atoms with Crippen molar-refractivity contribution in [2.75, 3.05) is 0 Å². The molecule has 124 valence electrons. The van der Waals surface area contributed by atoms with Crippen LogP contribution in [0.2, 0.25) is 0 Å². The monoisotopic (exact) mass is 304 g/mol. The van der Waals surface area contributed by atoms with Crippen LogP contribution in [0, 0.1) is 28.6 Å². The molecule has 2 atom stereocenters. The summed E-state index contributed by atoms with van der Waals surface area (Å²) in [5.41, 5.74) is 1.01. The molecule has 3 nitrogen and oxygen atoms in total. The first-order chi connectivity index (χ1) is 10.3. The number of nitrogens with one attached hydrogen (secondary N) is 2. The molecule has 5 rings (SSSR count). The van der Waals surface area contributed by atoms with Crippen LogP contribution in [0.3, 0.4) is 0 Å². The van der Waals surface area contributed by atoms with Crippen molar-refractivity contribution in [1.82, 2.24) is 10.6 Å². The Morgan fingerprint density at radius 3 is 2.23 bits per heavy atom. The summed E-state index contributed by atoms with van der Waals surface area (Å²) < 4.78 is 0. The van der Waals surface area contributed by atoms with Crippen molar-refractivity contribution in [3.05, 3.63) is 0 Å². The number of carbonyl (C=O) groups excluding carboxylic acids is 1. The fourth-order valence-corrected chi connectivity index (χ4v) is 6.38. The van der Waals surface area contributed by atoms with Crippen LogP contribution in [0.4, 0.5) is 4.79 Å². The van der Waals surface area contributed by atoms with Gasteiger partial charge in [-0.25, -0.2) is 4.79 Å². The molecule has 0 heterocycles. The van der Waals surface area contributed by atoms with E-state index >= 15 is 0 Å². The van der Waals surface area contributed by atoms with E-state index in [2.05, 4.69) is 31.4 Å². The molecule has 0 radical (unpaired) electrons. The molecule has 0 aliphatic heterocycles. The zero-order valence-electron chi connectivity index (χ0n) is 14.5. The summed E-state index contributed by atoms with van der Waals surface area (Å²) >= 11 is 0. The normalized spacial score (nSPS) is 43.2. The quantitative estimate of drug-likeness (QED) is 0.810. The Labute approximate surface area is 135 Å². The Kier molecular flexibility index (Phi) is 3.29. The van der Waals surface area contributed by atoms with Crippen molar-refractivity contribution in [3.63, 3.8) is 0 Å². The van der Waals surface area contributed by atoms with Gasteiger partial charge in [0.05, 0.1) is 0 Å². The molecule has 2 N–H and O–H groups in total. The highest BCUT2D eigenvalue weighted by molar-refractivity contribution is 5.75. The van der Waals surface area contributed by atoms with Gasteiger partial charge >= 0.3 is 6.03 Å². The van der Waals surface area contributed by atoms with E-state index in [0.717, 1.165) is 17.8 Å². The van der Waals surface area contributed by atoms with E-state index < -0.39 is 0 Å². The number of amides is 2. The van der Waals surface area contributed by atoms with Crippen molar-refractivity contribution in [2.45, 2.75) is 84.2 Å². The number of rotatable bonds is 3. The summed E-state index contributed by atoms with van der Waals surface area (Å²) in [6.45, 7) is 7.18. The summed E-state index contributed by atoms with van der Waals surface area (Å²) in [6, 6.07) is 1.01. The van der Waals surface area contributed by atoms with Crippen molar-refractivity contribution < 1.29 is 4.79 Å². The first-order valence-corrected chi connectivity index (χ1v) is 9.39. The molecule has 22 heavy (non-hydrogen) atoms. The lowest BCUT2D eigenvalue weighted by Crippen LogP contribution is -2.60. The molecule has 3 heteroatoms. The van der Waals surface area contributed by atoms with Crippen LogP contribution in [0.1, 0.15) is 72.1 Å². The maximum Gasteiger partial charge on any atom is 0.315 e. The Bertz CT molecular complexity index is 447. The van der Waals surface area contributed by atoms with Crippen molar-refractivity contribution in [1.29, 1.82) is 0 Å². The summed E-state index contributed by atoms with van der Waals surface area (Å²) in [5.74, 6) is 2.40. The zero-order valence-corrected chi connectivity index (χ0v) is 14.5. The Morgan fingerprint density at radius 1 is 1.05 bits per heavy atom. The third kappa shape index (κ3) is 2.88. The van der Waals surface area contributed by atoms with Crippen molar-refractivity contribution in [3.8, 4) is 0 Å². The minimum atomic E-state index is 0.102. The van der Waals surface area contributed by atoms with Gasteiger partial charge in [-0.15, -0.1) is 0 Å². The molecule has 5 fully saturated rings. The van der Waals surface area contributed by atoms with Crippen molar-refractivity contribution >= 4 is 6.03 Å². The van der Waals surface area contributed by atoms with Gasteiger partial charge in [-0.05, 0) is 80.0 Å². The Balaban J connectivity index is 1.44. The molecular weight excluding hydrogens is 272 g/mol. The summed E-state index contributed by atoms with van der Waals surface area (Å²) in [4.78, 5) is 12.2. The average Bonchev–Trinajstić information content (AvgIpc) is 3.13. The van der Waals surface area contributed by atoms with E-state index in [-0.39, 0.29) is 6.03 Å². The lowest BCUT2D eigenvalue weighted by atomic mass is 9.46. The molecule has 4 bridgehead atoms. The van der Waals surface area contributed by atoms with Gasteiger partial charge in [0.25, 0.3) is 0 Å². The van der Waals surface area contributed by atoms with E-state index in [0.29, 0.717) is 22.9 Å². The maximum atomic E-state index is 12.2. The first kappa shape index (κ1) is 14.8. The summed E-state index contributed by atoms with van der Waals surface area (Å²) in [7, 11) is 0.